The maximum atomic E-state index is 12.6. The normalized spacial score (nSPS) is 17.7. The number of amides is 1. The van der Waals surface area contributed by atoms with E-state index in [-0.39, 0.29) is 17.7 Å². The molecular weight excluding hydrogens is 474 g/mol. The average molecular weight is 504 g/mol. The van der Waals surface area contributed by atoms with Crippen LogP contribution >= 0.6 is 0 Å². The van der Waals surface area contributed by atoms with Gasteiger partial charge in [-0.3, -0.25) is 9.36 Å². The lowest BCUT2D eigenvalue weighted by molar-refractivity contribution is -0.133. The van der Waals surface area contributed by atoms with Gasteiger partial charge in [-0.2, -0.15) is 0 Å². The summed E-state index contributed by atoms with van der Waals surface area (Å²) in [6.07, 6.45) is 5.89. The van der Waals surface area contributed by atoms with E-state index in [9.17, 15) is 9.90 Å². The number of likely N-dealkylation sites (tertiary alicyclic amines) is 1. The first kappa shape index (κ1) is 22.8. The van der Waals surface area contributed by atoms with Gasteiger partial charge in [-0.15, -0.1) is 0 Å². The molecule has 7 heteroatoms. The third-order valence-electron chi connectivity index (χ3n) is 7.66. The molecule has 2 aliphatic rings. The van der Waals surface area contributed by atoms with E-state index in [0.29, 0.717) is 5.91 Å². The van der Waals surface area contributed by atoms with Crippen LogP contribution in [0.2, 0.25) is 0 Å². The van der Waals surface area contributed by atoms with Gasteiger partial charge in [0.05, 0.1) is 16.7 Å². The van der Waals surface area contributed by atoms with Crippen molar-refractivity contribution < 1.29 is 9.90 Å². The summed E-state index contributed by atoms with van der Waals surface area (Å²) in [7, 11) is 0. The van der Waals surface area contributed by atoms with Crippen molar-refractivity contribution in [3.63, 3.8) is 0 Å². The average Bonchev–Trinajstić information content (AvgIpc) is 3.73. The highest BCUT2D eigenvalue weighted by molar-refractivity contribution is 5.89. The van der Waals surface area contributed by atoms with E-state index in [1.165, 1.54) is 5.39 Å². The number of carbonyl (C=O) groups is 1. The van der Waals surface area contributed by atoms with Crippen molar-refractivity contribution in [1.29, 1.82) is 0 Å². The topological polar surface area (TPSA) is 83.3 Å². The Balaban J connectivity index is 1.26. The van der Waals surface area contributed by atoms with E-state index in [1.807, 2.05) is 41.4 Å². The zero-order chi connectivity index (χ0) is 25.6. The smallest absolute Gasteiger partial charge is 0.225 e. The number of benzene rings is 3. The van der Waals surface area contributed by atoms with E-state index in [1.54, 1.807) is 12.1 Å². The molecule has 0 bridgehead atoms. The number of aromatic hydroxyl groups is 1. The molecule has 1 saturated heterocycles. The molecule has 1 aliphatic heterocycles. The molecule has 0 radical (unpaired) electrons. The predicted octanol–water partition coefficient (Wildman–Crippen LogP) is 5.76. The molecule has 2 N–H and O–H groups in total. The SMILES string of the molecule is O=C(C1CC1)N1CCC[C@@H](Nc2cc(-n3c(-c4ccc5ccccc5c4)nc4cc(O)ccc43)ccn2)C1. The first-order chi connectivity index (χ1) is 18.6. The van der Waals surface area contributed by atoms with Crippen molar-refractivity contribution in [2.45, 2.75) is 31.7 Å². The highest BCUT2D eigenvalue weighted by Crippen LogP contribution is 2.34. The van der Waals surface area contributed by atoms with Crippen molar-refractivity contribution in [3.05, 3.63) is 79.0 Å². The first-order valence-corrected chi connectivity index (χ1v) is 13.3. The standard InChI is InChI=1S/C31H29N5O2/c37-26-11-12-28-27(18-26)34-30(23-10-7-20-4-1-2-5-22(20)16-23)36(28)25-13-14-32-29(17-25)33-24-6-3-15-35(19-24)31(38)21-8-9-21/h1-2,4-5,7,10-14,16-18,21,24,37H,3,6,8-9,15,19H2,(H,32,33)/t24-/m1/s1. The van der Waals surface area contributed by atoms with Gasteiger partial charge in [-0.25, -0.2) is 9.97 Å². The molecule has 38 heavy (non-hydrogen) atoms. The van der Waals surface area contributed by atoms with Gasteiger partial charge in [0.1, 0.15) is 17.4 Å². The number of carbonyl (C=O) groups excluding carboxylic acids is 1. The largest absolute Gasteiger partial charge is 0.508 e. The molecule has 0 spiro atoms. The number of rotatable bonds is 5. The Labute approximate surface area is 220 Å². The Bertz CT molecular complexity index is 1670. The van der Waals surface area contributed by atoms with Crippen LogP contribution < -0.4 is 5.32 Å². The quantitative estimate of drug-likeness (QED) is 0.319. The zero-order valence-electron chi connectivity index (χ0n) is 21.0. The van der Waals surface area contributed by atoms with Gasteiger partial charge in [0.15, 0.2) is 0 Å². The van der Waals surface area contributed by atoms with Crippen LogP contribution in [0.1, 0.15) is 25.7 Å². The number of piperidine rings is 1. The second-order valence-electron chi connectivity index (χ2n) is 10.4. The van der Waals surface area contributed by atoms with E-state index in [2.05, 4.69) is 45.2 Å². The third kappa shape index (κ3) is 4.24. The monoisotopic (exact) mass is 503 g/mol. The first-order valence-electron chi connectivity index (χ1n) is 13.3. The van der Waals surface area contributed by atoms with Gasteiger partial charge in [-0.1, -0.05) is 36.4 Å². The van der Waals surface area contributed by atoms with E-state index < -0.39 is 0 Å². The van der Waals surface area contributed by atoms with Gasteiger partial charge < -0.3 is 15.3 Å². The van der Waals surface area contributed by atoms with Crippen molar-refractivity contribution in [2.24, 2.45) is 5.92 Å². The molecule has 1 aliphatic carbocycles. The summed E-state index contributed by atoms with van der Waals surface area (Å²) in [6, 6.07) is 24.1. The van der Waals surface area contributed by atoms with Crippen molar-refractivity contribution in [3.8, 4) is 22.8 Å². The second-order valence-corrected chi connectivity index (χ2v) is 10.4. The summed E-state index contributed by atoms with van der Waals surface area (Å²) >= 11 is 0. The maximum Gasteiger partial charge on any atom is 0.225 e. The fourth-order valence-electron chi connectivity index (χ4n) is 5.58. The van der Waals surface area contributed by atoms with Crippen LogP contribution in [0, 0.1) is 5.92 Å². The van der Waals surface area contributed by atoms with Crippen molar-refractivity contribution in [2.75, 3.05) is 18.4 Å². The molecule has 0 unspecified atom stereocenters. The minimum Gasteiger partial charge on any atom is -0.508 e. The lowest BCUT2D eigenvalue weighted by Gasteiger charge is -2.33. The number of imidazole rings is 1. The van der Waals surface area contributed by atoms with E-state index >= 15 is 0 Å². The van der Waals surface area contributed by atoms with Crippen LogP contribution in [-0.4, -0.2) is 49.6 Å². The van der Waals surface area contributed by atoms with Gasteiger partial charge in [0.25, 0.3) is 0 Å². The lowest BCUT2D eigenvalue weighted by atomic mass is 10.0. The van der Waals surface area contributed by atoms with Gasteiger partial charge >= 0.3 is 0 Å². The third-order valence-corrected chi connectivity index (χ3v) is 7.66. The fourth-order valence-corrected chi connectivity index (χ4v) is 5.58. The number of fused-ring (bicyclic) bond motifs is 2. The van der Waals surface area contributed by atoms with Crippen LogP contribution in [0.5, 0.6) is 5.75 Å². The molecule has 1 amide bonds. The Morgan fingerprint density at radius 1 is 0.947 bits per heavy atom. The molecule has 2 fully saturated rings. The van der Waals surface area contributed by atoms with Crippen molar-refractivity contribution >= 4 is 33.5 Å². The number of aromatic nitrogens is 3. The summed E-state index contributed by atoms with van der Waals surface area (Å²) in [4.78, 5) is 24.2. The van der Waals surface area contributed by atoms with Crippen molar-refractivity contribution in [1.82, 2.24) is 19.4 Å². The van der Waals surface area contributed by atoms with Gasteiger partial charge in [0.2, 0.25) is 5.91 Å². The molecule has 3 aromatic carbocycles. The summed E-state index contributed by atoms with van der Waals surface area (Å²) in [5, 5.41) is 16.0. The van der Waals surface area contributed by atoms with Crippen LogP contribution in [0.4, 0.5) is 5.82 Å². The molecular formula is C31H29N5O2. The molecule has 1 saturated carbocycles. The van der Waals surface area contributed by atoms with Crippen LogP contribution in [0.15, 0.2) is 79.0 Å². The number of hydrogen-bond donors (Lipinski definition) is 2. The molecule has 3 heterocycles. The fraction of sp³-hybridized carbons (Fsp3) is 0.258. The van der Waals surface area contributed by atoms with Gasteiger partial charge in [0, 0.05) is 48.9 Å². The highest BCUT2D eigenvalue weighted by atomic mass is 16.3. The highest BCUT2D eigenvalue weighted by Gasteiger charge is 2.35. The molecule has 2 aromatic heterocycles. The number of nitrogens with zero attached hydrogens (tertiary/aromatic N) is 4. The van der Waals surface area contributed by atoms with Gasteiger partial charge in [-0.05, 0) is 60.7 Å². The molecule has 1 atom stereocenters. The number of phenolic OH excluding ortho intramolecular Hbond substituents is 1. The molecule has 7 nitrogen and oxygen atoms in total. The number of nitrogens with one attached hydrogen (secondary N) is 1. The maximum absolute atomic E-state index is 12.6. The Kier molecular flexibility index (Phi) is 5.50. The number of pyridine rings is 1. The van der Waals surface area contributed by atoms with E-state index in [4.69, 9.17) is 4.98 Å². The summed E-state index contributed by atoms with van der Waals surface area (Å²) < 4.78 is 2.12. The molecule has 5 aromatic rings. The molecule has 190 valence electrons. The predicted molar refractivity (Wildman–Crippen MR) is 149 cm³/mol. The zero-order valence-corrected chi connectivity index (χ0v) is 21.0. The second kappa shape index (κ2) is 9.17. The number of hydrogen-bond acceptors (Lipinski definition) is 5. The number of anilines is 1. The lowest BCUT2D eigenvalue weighted by Crippen LogP contribution is -2.45. The Hall–Kier alpha value is -4.39. The minimum absolute atomic E-state index is 0.172. The Morgan fingerprint density at radius 3 is 2.68 bits per heavy atom. The summed E-state index contributed by atoms with van der Waals surface area (Å²) in [5.41, 5.74) is 3.55. The number of phenols is 1. The summed E-state index contributed by atoms with van der Waals surface area (Å²) in [6.45, 7) is 1.57. The summed E-state index contributed by atoms with van der Waals surface area (Å²) in [5.74, 6) is 2.32. The van der Waals surface area contributed by atoms with Crippen LogP contribution in [0.25, 0.3) is 38.9 Å². The minimum atomic E-state index is 0.172. The van der Waals surface area contributed by atoms with E-state index in [0.717, 1.165) is 78.1 Å². The van der Waals surface area contributed by atoms with Crippen LogP contribution in [-0.2, 0) is 4.79 Å². The molecule has 7 rings (SSSR count). The van der Waals surface area contributed by atoms with Crippen LogP contribution in [0.3, 0.4) is 0 Å². The Morgan fingerprint density at radius 2 is 1.82 bits per heavy atom.